The van der Waals surface area contributed by atoms with Crippen LogP contribution in [0.3, 0.4) is 0 Å². The lowest BCUT2D eigenvalue weighted by Crippen LogP contribution is -2.44. The maximum Gasteiger partial charge on any atom is 0.226 e. The molecule has 10 nitrogen and oxygen atoms in total. The van der Waals surface area contributed by atoms with E-state index < -0.39 is 9.84 Å². The van der Waals surface area contributed by atoms with Crippen molar-refractivity contribution in [3.63, 3.8) is 0 Å². The molecule has 0 saturated heterocycles. The Labute approximate surface area is 306 Å². The Balaban J connectivity index is 1.03. The van der Waals surface area contributed by atoms with E-state index in [1.807, 2.05) is 91.2 Å². The highest BCUT2D eigenvalue weighted by Crippen LogP contribution is 2.40. The third-order valence-electron chi connectivity index (χ3n) is 9.98. The third kappa shape index (κ3) is 7.84. The Morgan fingerprint density at radius 3 is 1.52 bits per heavy atom. The van der Waals surface area contributed by atoms with Gasteiger partial charge < -0.3 is 25.8 Å². The normalized spacial score (nSPS) is 19.6. The summed E-state index contributed by atoms with van der Waals surface area (Å²) in [5, 5.41) is 9.92. The lowest BCUT2D eigenvalue weighted by atomic mass is 9.91. The largest absolute Gasteiger partial charge is 0.378 e. The Kier molecular flexibility index (Phi) is 11.0. The van der Waals surface area contributed by atoms with Gasteiger partial charge in [-0.25, -0.2) is 8.42 Å². The Morgan fingerprint density at radius 2 is 1.06 bits per heavy atom. The zero-order valence-electron chi connectivity index (χ0n) is 30.1. The fourth-order valence-electron chi connectivity index (χ4n) is 7.38. The Bertz CT molecular complexity index is 2030. The number of sulfone groups is 1. The summed E-state index contributed by atoms with van der Waals surface area (Å²) in [4.78, 5) is 42.1. The quantitative estimate of drug-likeness (QED) is 0.144. The molecule has 2 aliphatic rings. The van der Waals surface area contributed by atoms with Gasteiger partial charge in [0.25, 0.3) is 0 Å². The number of carbonyl (C=O) groups excluding carboxylic acids is 3. The molecule has 272 valence electrons. The number of rotatable bonds is 11. The molecule has 6 rings (SSSR count). The monoisotopic (exact) mass is 721 g/mol. The molecule has 3 N–H and O–H groups in total. The third-order valence-corrected chi connectivity index (χ3v) is 11.7. The first kappa shape index (κ1) is 36.6. The molecule has 0 aromatic heterocycles. The molecule has 4 atom stereocenters. The second-order valence-corrected chi connectivity index (χ2v) is 15.7. The van der Waals surface area contributed by atoms with Crippen molar-refractivity contribution in [2.75, 3.05) is 31.5 Å². The minimum atomic E-state index is -3.71. The van der Waals surface area contributed by atoms with Crippen LogP contribution in [0.4, 0.5) is 28.4 Å². The fourth-order valence-corrected chi connectivity index (χ4v) is 8.62. The maximum atomic E-state index is 13.2. The number of benzene rings is 4. The molecule has 11 heteroatoms. The van der Waals surface area contributed by atoms with Crippen LogP contribution >= 0.6 is 0 Å². The fraction of sp³-hybridized carbons (Fsp3) is 0.341. The molecule has 0 unspecified atom stereocenters. The van der Waals surface area contributed by atoms with Crippen molar-refractivity contribution in [3.05, 3.63) is 108 Å². The minimum Gasteiger partial charge on any atom is -0.378 e. The number of carbonyl (C=O) groups is 3. The van der Waals surface area contributed by atoms with Gasteiger partial charge in [0.2, 0.25) is 17.7 Å². The van der Waals surface area contributed by atoms with Crippen LogP contribution in [-0.2, 0) is 24.2 Å². The lowest BCUT2D eigenvalue weighted by molar-refractivity contribution is -0.119. The van der Waals surface area contributed by atoms with Gasteiger partial charge in [-0.2, -0.15) is 0 Å². The van der Waals surface area contributed by atoms with Gasteiger partial charge in [0.05, 0.1) is 22.7 Å². The first-order valence-corrected chi connectivity index (χ1v) is 19.7. The standard InChI is InChI=1S/C41H47N5O5S/c1-5-40(48)45-27(3)25-35(33-11-7-9-13-37(33)45)42-29-15-17-31(18-16-29)44-39(47)23-24-52(50,51)32-21-19-30(20-22-32)43-36-26-28(4)46(41(49)6-2)38-14-10-8-12-34(36)38/h7-22,27-28,35-36,42-43H,5-6,23-26H2,1-4H3,(H,44,47)/t27-,28-,35+,36+/m0/s1. The van der Waals surface area contributed by atoms with Crippen molar-refractivity contribution in [1.29, 1.82) is 0 Å². The van der Waals surface area contributed by atoms with Crippen molar-refractivity contribution in [3.8, 4) is 0 Å². The topological polar surface area (TPSA) is 128 Å². The summed E-state index contributed by atoms with van der Waals surface area (Å²) in [6.07, 6.45) is 2.16. The molecular formula is C41H47N5O5S. The van der Waals surface area contributed by atoms with Gasteiger partial charge in [-0.3, -0.25) is 14.4 Å². The molecule has 0 fully saturated rings. The highest BCUT2D eigenvalue weighted by atomic mass is 32.2. The van der Waals surface area contributed by atoms with Crippen LogP contribution in [0.15, 0.2) is 102 Å². The van der Waals surface area contributed by atoms with Crippen molar-refractivity contribution >= 4 is 56.0 Å². The Morgan fingerprint density at radius 1 is 0.635 bits per heavy atom. The molecule has 0 radical (unpaired) electrons. The van der Waals surface area contributed by atoms with Gasteiger partial charge in [0.1, 0.15) is 0 Å². The van der Waals surface area contributed by atoms with Crippen molar-refractivity contribution < 1.29 is 22.8 Å². The summed E-state index contributed by atoms with van der Waals surface area (Å²) in [5.74, 6) is -0.521. The molecule has 0 spiro atoms. The molecular weight excluding hydrogens is 675 g/mol. The average Bonchev–Trinajstić information content (AvgIpc) is 3.14. The van der Waals surface area contributed by atoms with Crippen molar-refractivity contribution in [1.82, 2.24) is 0 Å². The first-order chi connectivity index (χ1) is 25.0. The summed E-state index contributed by atoms with van der Waals surface area (Å²) < 4.78 is 26.4. The molecule has 4 aromatic rings. The minimum absolute atomic E-state index is 0.00927. The second-order valence-electron chi connectivity index (χ2n) is 13.6. The van der Waals surface area contributed by atoms with Crippen LogP contribution in [0.5, 0.6) is 0 Å². The number of fused-ring (bicyclic) bond motifs is 2. The smallest absolute Gasteiger partial charge is 0.226 e. The van der Waals surface area contributed by atoms with E-state index in [1.165, 1.54) is 0 Å². The number of nitrogens with one attached hydrogen (secondary N) is 3. The first-order valence-electron chi connectivity index (χ1n) is 18.1. The van der Waals surface area contributed by atoms with E-state index in [0.29, 0.717) is 24.9 Å². The van der Waals surface area contributed by atoms with Crippen molar-refractivity contribution in [2.45, 2.75) is 88.9 Å². The van der Waals surface area contributed by atoms with E-state index in [4.69, 9.17) is 0 Å². The van der Waals surface area contributed by atoms with E-state index >= 15 is 0 Å². The molecule has 3 amide bonds. The predicted octanol–water partition coefficient (Wildman–Crippen LogP) is 7.87. The summed E-state index contributed by atoms with van der Waals surface area (Å²) >= 11 is 0. The van der Waals surface area contributed by atoms with E-state index in [9.17, 15) is 22.8 Å². The molecule has 0 saturated carbocycles. The highest BCUT2D eigenvalue weighted by Gasteiger charge is 2.34. The predicted molar refractivity (Wildman–Crippen MR) is 208 cm³/mol. The van der Waals surface area contributed by atoms with Crippen molar-refractivity contribution in [2.24, 2.45) is 0 Å². The van der Waals surface area contributed by atoms with Crippen LogP contribution in [-0.4, -0.2) is 44.0 Å². The number of para-hydroxylation sites is 2. The van der Waals surface area contributed by atoms with Crippen LogP contribution < -0.4 is 25.8 Å². The number of nitrogens with zero attached hydrogens (tertiary/aromatic N) is 2. The van der Waals surface area contributed by atoms with E-state index in [1.54, 1.807) is 36.4 Å². The second kappa shape index (κ2) is 15.6. The number of hydrogen-bond acceptors (Lipinski definition) is 7. The molecule has 0 bridgehead atoms. The van der Waals surface area contributed by atoms with Crippen LogP contribution in [0.1, 0.15) is 83.0 Å². The number of anilines is 5. The molecule has 0 aliphatic carbocycles. The van der Waals surface area contributed by atoms with E-state index in [0.717, 1.165) is 40.3 Å². The molecule has 2 heterocycles. The van der Waals surface area contributed by atoms with Gasteiger partial charge in [-0.05, 0) is 98.5 Å². The van der Waals surface area contributed by atoms with Crippen LogP contribution in [0, 0.1) is 0 Å². The number of amides is 3. The highest BCUT2D eigenvalue weighted by molar-refractivity contribution is 7.91. The average molecular weight is 722 g/mol. The number of hydrogen-bond donors (Lipinski definition) is 3. The van der Waals surface area contributed by atoms with E-state index in [2.05, 4.69) is 22.9 Å². The molecule has 2 aliphatic heterocycles. The SMILES string of the molecule is CCC(=O)N1c2ccccc2[C@H](Nc2ccc(NC(=O)CCS(=O)(=O)c3ccc(N[C@@H]4C[C@H](C)N(C(=O)CC)c5ccccc54)cc3)cc2)C[C@@H]1C. The zero-order valence-corrected chi connectivity index (χ0v) is 31.0. The maximum absolute atomic E-state index is 13.2. The summed E-state index contributed by atoms with van der Waals surface area (Å²) in [7, 11) is -3.71. The van der Waals surface area contributed by atoms with Gasteiger partial charge in [0.15, 0.2) is 9.84 Å². The zero-order chi connectivity index (χ0) is 37.0. The van der Waals surface area contributed by atoms with Crippen LogP contribution in [0.25, 0.3) is 0 Å². The van der Waals surface area contributed by atoms with Gasteiger partial charge in [-0.1, -0.05) is 50.2 Å². The van der Waals surface area contributed by atoms with E-state index in [-0.39, 0.29) is 59.0 Å². The summed E-state index contributed by atoms with van der Waals surface area (Å²) in [6.45, 7) is 7.85. The van der Waals surface area contributed by atoms with Gasteiger partial charge >= 0.3 is 0 Å². The summed E-state index contributed by atoms with van der Waals surface area (Å²) in [5.41, 5.74) is 6.13. The molecule has 52 heavy (non-hydrogen) atoms. The summed E-state index contributed by atoms with van der Waals surface area (Å²) in [6, 6.07) is 29.8. The molecule has 4 aromatic carbocycles. The van der Waals surface area contributed by atoms with Gasteiger partial charge in [-0.15, -0.1) is 0 Å². The lowest BCUT2D eigenvalue weighted by Gasteiger charge is -2.40. The van der Waals surface area contributed by atoms with Gasteiger partial charge in [0, 0.05) is 59.8 Å². The Hall–Kier alpha value is -5.16. The van der Waals surface area contributed by atoms with Crippen LogP contribution in [0.2, 0.25) is 0 Å².